The lowest BCUT2D eigenvalue weighted by atomic mass is 10.0. The molecule has 184 valence electrons. The molecule has 2 amide bonds. The fourth-order valence-corrected chi connectivity index (χ4v) is 4.21. The Labute approximate surface area is 196 Å². The zero-order chi connectivity index (χ0) is 25.0. The first-order valence-corrected chi connectivity index (χ1v) is 14.3. The number of rotatable bonds is 5. The van der Waals surface area contributed by atoms with E-state index in [0.717, 1.165) is 5.56 Å². The molecule has 2 atom stereocenters. The summed E-state index contributed by atoms with van der Waals surface area (Å²) in [5.41, 5.74) is 0.591. The lowest BCUT2D eigenvalue weighted by Gasteiger charge is -2.37. The van der Waals surface area contributed by atoms with E-state index in [1.54, 1.807) is 12.1 Å². The van der Waals surface area contributed by atoms with Gasteiger partial charge in [-0.2, -0.15) is 0 Å². The van der Waals surface area contributed by atoms with E-state index < -0.39 is 25.3 Å². The van der Waals surface area contributed by atoms with Crippen molar-refractivity contribution in [2.75, 3.05) is 13.2 Å². The predicted octanol–water partition coefficient (Wildman–Crippen LogP) is 3.57. The number of aryl methyl sites for hydroxylation is 1. The molecular weight excluding hydrogens is 442 g/mol. The third-order valence-corrected chi connectivity index (χ3v) is 10.9. The van der Waals surface area contributed by atoms with E-state index in [2.05, 4.69) is 44.5 Å². The average Bonchev–Trinajstić information content (AvgIpc) is 2.71. The van der Waals surface area contributed by atoms with E-state index >= 15 is 0 Å². The first-order chi connectivity index (χ1) is 15.2. The smallest absolute Gasteiger partial charge is 0.310 e. The lowest BCUT2D eigenvalue weighted by Crippen LogP contribution is -2.55. The van der Waals surface area contributed by atoms with Crippen LogP contribution in [0, 0.1) is 16.0 Å². The summed E-state index contributed by atoms with van der Waals surface area (Å²) >= 11 is 0. The Morgan fingerprint density at radius 1 is 1.21 bits per heavy atom. The number of nitrogens with one attached hydrogen (secondary N) is 2. The molecule has 1 aliphatic rings. The van der Waals surface area contributed by atoms with Crippen molar-refractivity contribution in [3.05, 3.63) is 33.9 Å². The minimum absolute atomic E-state index is 0.00339. The molecule has 0 saturated carbocycles. The molecular formula is C23H37N3O6Si. The molecule has 1 aliphatic heterocycles. The van der Waals surface area contributed by atoms with Crippen molar-refractivity contribution in [2.45, 2.75) is 77.7 Å². The molecule has 10 heteroatoms. The molecule has 0 fully saturated rings. The van der Waals surface area contributed by atoms with Gasteiger partial charge in [0.25, 0.3) is 0 Å². The monoisotopic (exact) mass is 479 g/mol. The van der Waals surface area contributed by atoms with Crippen molar-refractivity contribution in [3.63, 3.8) is 0 Å². The Bertz CT molecular complexity index is 881. The summed E-state index contributed by atoms with van der Waals surface area (Å²) in [7, 11) is -2.11. The lowest BCUT2D eigenvalue weighted by molar-refractivity contribution is -0.385. The number of nitrogens with zero attached hydrogens (tertiary/aromatic N) is 1. The van der Waals surface area contributed by atoms with Gasteiger partial charge in [-0.1, -0.05) is 40.7 Å². The Kier molecular flexibility index (Phi) is 8.64. The molecule has 1 aromatic rings. The SMILES string of the molecule is CC(C)C1NC(=O)CCc2ccc([N+](=O)[O-])c(c2)OCC(CO[Si](C)(C)C(C)(C)C)NC1=O. The van der Waals surface area contributed by atoms with Gasteiger partial charge in [0.15, 0.2) is 14.1 Å². The highest BCUT2D eigenvalue weighted by Crippen LogP contribution is 2.36. The molecule has 1 aromatic carbocycles. The van der Waals surface area contributed by atoms with Gasteiger partial charge >= 0.3 is 5.69 Å². The van der Waals surface area contributed by atoms with Crippen molar-refractivity contribution in [2.24, 2.45) is 5.92 Å². The summed E-state index contributed by atoms with van der Waals surface area (Å²) in [6, 6.07) is 3.36. The molecule has 9 nitrogen and oxygen atoms in total. The summed E-state index contributed by atoms with van der Waals surface area (Å²) < 4.78 is 12.2. The van der Waals surface area contributed by atoms with E-state index in [9.17, 15) is 19.7 Å². The predicted molar refractivity (Wildman–Crippen MR) is 129 cm³/mol. The maximum atomic E-state index is 13.1. The highest BCUT2D eigenvalue weighted by atomic mass is 28.4. The third kappa shape index (κ3) is 7.26. The number of nitro benzene ring substituents is 1. The van der Waals surface area contributed by atoms with Gasteiger partial charge in [0.1, 0.15) is 12.6 Å². The number of carbonyl (C=O) groups excluding carboxylic acids is 2. The van der Waals surface area contributed by atoms with Crippen LogP contribution in [0.2, 0.25) is 18.1 Å². The van der Waals surface area contributed by atoms with Crippen LogP contribution in [0.1, 0.15) is 46.6 Å². The highest BCUT2D eigenvalue weighted by Gasteiger charge is 2.38. The summed E-state index contributed by atoms with van der Waals surface area (Å²) in [5.74, 6) is -0.586. The summed E-state index contributed by atoms with van der Waals surface area (Å²) in [5, 5.41) is 17.2. The van der Waals surface area contributed by atoms with Gasteiger partial charge in [-0.15, -0.1) is 0 Å². The third-order valence-electron chi connectivity index (χ3n) is 6.37. The zero-order valence-corrected chi connectivity index (χ0v) is 21.7. The van der Waals surface area contributed by atoms with Gasteiger partial charge in [-0.3, -0.25) is 19.7 Å². The maximum absolute atomic E-state index is 13.1. The van der Waals surface area contributed by atoms with Crippen molar-refractivity contribution in [1.29, 1.82) is 0 Å². The average molecular weight is 480 g/mol. The van der Waals surface area contributed by atoms with Gasteiger partial charge in [-0.05, 0) is 42.1 Å². The second-order valence-corrected chi connectivity index (χ2v) is 15.2. The van der Waals surface area contributed by atoms with Crippen LogP contribution >= 0.6 is 0 Å². The minimum atomic E-state index is -2.11. The molecule has 0 radical (unpaired) electrons. The van der Waals surface area contributed by atoms with Gasteiger partial charge in [0, 0.05) is 12.5 Å². The van der Waals surface area contributed by atoms with Gasteiger partial charge < -0.3 is 19.8 Å². The Morgan fingerprint density at radius 3 is 2.45 bits per heavy atom. The number of nitro groups is 1. The Balaban J connectivity index is 2.36. The Morgan fingerprint density at radius 2 is 1.88 bits per heavy atom. The van der Waals surface area contributed by atoms with Crippen LogP contribution in [0.25, 0.3) is 0 Å². The fraction of sp³-hybridized carbons (Fsp3) is 0.652. The van der Waals surface area contributed by atoms with Crippen molar-refractivity contribution >= 4 is 25.8 Å². The molecule has 0 spiro atoms. The van der Waals surface area contributed by atoms with Gasteiger partial charge in [0.2, 0.25) is 11.8 Å². The molecule has 1 heterocycles. The van der Waals surface area contributed by atoms with Crippen LogP contribution in [0.3, 0.4) is 0 Å². The zero-order valence-electron chi connectivity index (χ0n) is 20.7. The molecule has 0 aromatic heterocycles. The van der Waals surface area contributed by atoms with E-state index in [-0.39, 0.29) is 53.8 Å². The van der Waals surface area contributed by atoms with Gasteiger partial charge in [0.05, 0.1) is 17.6 Å². The topological polar surface area (TPSA) is 120 Å². The van der Waals surface area contributed by atoms with Crippen molar-refractivity contribution in [1.82, 2.24) is 10.6 Å². The minimum Gasteiger partial charge on any atom is -0.485 e. The fourth-order valence-electron chi connectivity index (χ4n) is 3.16. The quantitative estimate of drug-likeness (QED) is 0.378. The van der Waals surface area contributed by atoms with Crippen LogP contribution in [0.15, 0.2) is 18.2 Å². The summed E-state index contributed by atoms with van der Waals surface area (Å²) in [4.78, 5) is 36.6. The number of carbonyl (C=O) groups is 2. The number of hydrogen-bond donors (Lipinski definition) is 2. The largest absolute Gasteiger partial charge is 0.485 e. The van der Waals surface area contributed by atoms with Crippen LogP contribution < -0.4 is 15.4 Å². The molecule has 2 N–H and O–H groups in total. The van der Waals surface area contributed by atoms with Crippen LogP contribution in [0.4, 0.5) is 5.69 Å². The van der Waals surface area contributed by atoms with Gasteiger partial charge in [-0.25, -0.2) is 0 Å². The van der Waals surface area contributed by atoms with Crippen LogP contribution in [0.5, 0.6) is 5.75 Å². The summed E-state index contributed by atoms with van der Waals surface area (Å²) in [6.07, 6.45) is 0.538. The molecule has 0 aliphatic carbocycles. The first-order valence-electron chi connectivity index (χ1n) is 11.3. The maximum Gasteiger partial charge on any atom is 0.310 e. The van der Waals surface area contributed by atoms with Crippen molar-refractivity contribution in [3.8, 4) is 5.75 Å². The number of benzene rings is 1. The highest BCUT2D eigenvalue weighted by molar-refractivity contribution is 6.74. The number of fused-ring (bicyclic) bond motifs is 2. The normalized spacial score (nSPS) is 20.6. The number of hydrogen-bond acceptors (Lipinski definition) is 6. The van der Waals surface area contributed by atoms with E-state index in [0.29, 0.717) is 6.42 Å². The Hall–Kier alpha value is -2.46. The summed E-state index contributed by atoms with van der Waals surface area (Å²) in [6.45, 7) is 14.5. The van der Waals surface area contributed by atoms with E-state index in [1.165, 1.54) is 6.07 Å². The van der Waals surface area contributed by atoms with Crippen LogP contribution in [-0.4, -0.2) is 50.4 Å². The molecule has 2 bridgehead atoms. The first kappa shape index (κ1) is 26.8. The second kappa shape index (κ2) is 10.6. The standard InChI is InChI=1S/C23H37N3O6Si/c1-15(2)21-22(28)24-17(14-32-33(6,7)23(3,4)5)13-31-19-12-16(9-11-20(27)25-21)8-10-18(19)26(29)30/h8,10,12,15,17,21H,9,11,13-14H2,1-7H3,(H,24,28)(H,25,27). The molecule has 0 saturated heterocycles. The molecule has 33 heavy (non-hydrogen) atoms. The van der Waals surface area contributed by atoms with Crippen molar-refractivity contribution < 1.29 is 23.7 Å². The molecule has 2 rings (SSSR count). The van der Waals surface area contributed by atoms with E-state index in [4.69, 9.17) is 9.16 Å². The number of amides is 2. The number of ether oxygens (including phenoxy) is 1. The molecule has 2 unspecified atom stereocenters. The van der Waals surface area contributed by atoms with Crippen LogP contribution in [-0.2, 0) is 20.4 Å². The van der Waals surface area contributed by atoms with E-state index in [1.807, 2.05) is 13.8 Å². The second-order valence-electron chi connectivity index (χ2n) is 10.4.